The van der Waals surface area contributed by atoms with E-state index in [0.717, 1.165) is 17.7 Å². The normalized spacial score (nSPS) is 10.7. The van der Waals surface area contributed by atoms with Crippen LogP contribution in [-0.2, 0) is 19.0 Å². The van der Waals surface area contributed by atoms with Crippen LogP contribution >= 0.6 is 34.8 Å². The van der Waals surface area contributed by atoms with Crippen LogP contribution in [0, 0.1) is 0 Å². The highest BCUT2D eigenvalue weighted by molar-refractivity contribution is 6.35. The third-order valence-electron chi connectivity index (χ3n) is 2.62. The van der Waals surface area contributed by atoms with Crippen molar-refractivity contribution in [1.29, 1.82) is 0 Å². The lowest BCUT2D eigenvalue weighted by Crippen LogP contribution is -1.98. The van der Waals surface area contributed by atoms with Gasteiger partial charge in [-0.05, 0) is 19.1 Å². The second-order valence-electron chi connectivity index (χ2n) is 4.00. The summed E-state index contributed by atoms with van der Waals surface area (Å²) in [6.07, 6.45) is 3.71. The topological polar surface area (TPSA) is 27.1 Å². The number of ether oxygens (including phenoxy) is 1. The van der Waals surface area contributed by atoms with Gasteiger partial charge in [0.2, 0.25) is 0 Å². The van der Waals surface area contributed by atoms with Crippen LogP contribution in [0.1, 0.15) is 18.1 Å². The lowest BCUT2D eigenvalue weighted by molar-refractivity contribution is 0.304. The van der Waals surface area contributed by atoms with E-state index < -0.39 is 0 Å². The number of aromatic nitrogens is 2. The second-order valence-corrected chi connectivity index (χ2v) is 5.11. The minimum atomic E-state index is 0.295. The molecule has 3 nitrogen and oxygen atoms in total. The number of nitrogens with zero attached hydrogens (tertiary/aromatic N) is 2. The fourth-order valence-electron chi connectivity index (χ4n) is 1.68. The van der Waals surface area contributed by atoms with Gasteiger partial charge >= 0.3 is 0 Å². The van der Waals surface area contributed by atoms with E-state index in [0.29, 0.717) is 28.3 Å². The van der Waals surface area contributed by atoms with E-state index in [1.165, 1.54) is 0 Å². The van der Waals surface area contributed by atoms with Crippen molar-refractivity contribution in [3.05, 3.63) is 45.7 Å². The Balaban J connectivity index is 2.14. The highest BCUT2D eigenvalue weighted by Crippen LogP contribution is 2.33. The molecule has 0 radical (unpaired) electrons. The van der Waals surface area contributed by atoms with E-state index in [2.05, 4.69) is 5.10 Å². The van der Waals surface area contributed by atoms with Crippen molar-refractivity contribution in [2.45, 2.75) is 26.0 Å². The first-order chi connectivity index (χ1) is 9.13. The van der Waals surface area contributed by atoms with Crippen molar-refractivity contribution in [2.75, 3.05) is 0 Å². The summed E-state index contributed by atoms with van der Waals surface area (Å²) in [5, 5.41) is 5.19. The average Bonchev–Trinajstić information content (AvgIpc) is 2.84. The average molecular weight is 320 g/mol. The monoisotopic (exact) mass is 318 g/mol. The maximum atomic E-state index is 6.12. The van der Waals surface area contributed by atoms with Gasteiger partial charge in [0.05, 0.1) is 17.1 Å². The van der Waals surface area contributed by atoms with Crippen LogP contribution in [0.25, 0.3) is 0 Å². The highest BCUT2D eigenvalue weighted by Gasteiger charge is 2.11. The smallest absolute Gasteiger partial charge is 0.142 e. The molecule has 6 heteroatoms. The molecule has 1 heterocycles. The summed E-state index contributed by atoms with van der Waals surface area (Å²) in [5.41, 5.74) is 1.76. The maximum Gasteiger partial charge on any atom is 0.142 e. The van der Waals surface area contributed by atoms with Crippen LogP contribution in [0.4, 0.5) is 0 Å². The molecule has 0 aliphatic rings. The van der Waals surface area contributed by atoms with Gasteiger partial charge in [0, 0.05) is 28.9 Å². The summed E-state index contributed by atoms with van der Waals surface area (Å²) in [4.78, 5) is 0. The molecule has 2 aromatic rings. The SMILES string of the molecule is CCn1cc(COc2c(Cl)cc(Cl)cc2CCl)cn1. The fraction of sp³-hybridized carbons (Fsp3) is 0.308. The minimum absolute atomic E-state index is 0.295. The van der Waals surface area contributed by atoms with E-state index >= 15 is 0 Å². The third kappa shape index (κ3) is 3.56. The Morgan fingerprint density at radius 3 is 2.74 bits per heavy atom. The summed E-state index contributed by atoms with van der Waals surface area (Å²) < 4.78 is 7.57. The molecular formula is C13H13Cl3N2O. The Morgan fingerprint density at radius 2 is 2.11 bits per heavy atom. The fourth-order valence-corrected chi connectivity index (χ4v) is 2.47. The van der Waals surface area contributed by atoms with Gasteiger partial charge in [0.15, 0.2) is 0 Å². The molecule has 0 spiro atoms. The van der Waals surface area contributed by atoms with Crippen molar-refractivity contribution in [1.82, 2.24) is 9.78 Å². The lowest BCUT2D eigenvalue weighted by atomic mass is 10.2. The second kappa shape index (κ2) is 6.51. The molecule has 0 aliphatic heterocycles. The molecule has 0 N–H and O–H groups in total. The van der Waals surface area contributed by atoms with Gasteiger partial charge in [-0.15, -0.1) is 11.6 Å². The van der Waals surface area contributed by atoms with E-state index in [-0.39, 0.29) is 0 Å². The van der Waals surface area contributed by atoms with Crippen molar-refractivity contribution in [2.24, 2.45) is 0 Å². The first-order valence-corrected chi connectivity index (χ1v) is 7.11. The van der Waals surface area contributed by atoms with Gasteiger partial charge in [-0.2, -0.15) is 5.10 Å². The largest absolute Gasteiger partial charge is 0.487 e. The molecule has 0 aliphatic carbocycles. The molecule has 0 atom stereocenters. The number of halogens is 3. The van der Waals surface area contributed by atoms with Gasteiger partial charge in [0.25, 0.3) is 0 Å². The number of rotatable bonds is 5. The quantitative estimate of drug-likeness (QED) is 0.757. The van der Waals surface area contributed by atoms with Crippen LogP contribution in [-0.4, -0.2) is 9.78 Å². The Morgan fingerprint density at radius 1 is 1.32 bits per heavy atom. The zero-order valence-electron chi connectivity index (χ0n) is 10.4. The number of hydrogen-bond acceptors (Lipinski definition) is 2. The summed E-state index contributed by atoms with van der Waals surface area (Å²) in [6, 6.07) is 3.40. The van der Waals surface area contributed by atoms with Gasteiger partial charge < -0.3 is 4.74 Å². The summed E-state index contributed by atoms with van der Waals surface area (Å²) in [7, 11) is 0. The summed E-state index contributed by atoms with van der Waals surface area (Å²) in [6.45, 7) is 3.25. The van der Waals surface area contributed by atoms with Crippen LogP contribution in [0.2, 0.25) is 10.0 Å². The molecule has 2 rings (SSSR count). The van der Waals surface area contributed by atoms with Crippen molar-refractivity contribution < 1.29 is 4.74 Å². The minimum Gasteiger partial charge on any atom is -0.487 e. The number of alkyl halides is 1. The maximum absolute atomic E-state index is 6.12. The molecule has 19 heavy (non-hydrogen) atoms. The zero-order valence-corrected chi connectivity index (χ0v) is 12.6. The highest BCUT2D eigenvalue weighted by atomic mass is 35.5. The number of benzene rings is 1. The predicted octanol–water partition coefficient (Wildman–Crippen LogP) is 4.53. The molecule has 0 fully saturated rings. The molecular weight excluding hydrogens is 307 g/mol. The van der Waals surface area contributed by atoms with Crippen molar-refractivity contribution in [3.8, 4) is 5.75 Å². The van der Waals surface area contributed by atoms with Crippen LogP contribution in [0.15, 0.2) is 24.5 Å². The van der Waals surface area contributed by atoms with Gasteiger partial charge in [-0.3, -0.25) is 4.68 Å². The summed E-state index contributed by atoms with van der Waals surface area (Å²) in [5.74, 6) is 0.870. The van der Waals surface area contributed by atoms with E-state index in [1.807, 2.05) is 17.8 Å². The van der Waals surface area contributed by atoms with E-state index in [4.69, 9.17) is 39.5 Å². The molecule has 1 aromatic carbocycles. The van der Waals surface area contributed by atoms with E-state index in [9.17, 15) is 0 Å². The lowest BCUT2D eigenvalue weighted by Gasteiger charge is -2.11. The van der Waals surface area contributed by atoms with Crippen molar-refractivity contribution in [3.63, 3.8) is 0 Å². The molecule has 0 amide bonds. The van der Waals surface area contributed by atoms with Gasteiger partial charge in [-0.1, -0.05) is 23.2 Å². The van der Waals surface area contributed by atoms with Crippen LogP contribution in [0.5, 0.6) is 5.75 Å². The Labute approximate surface area is 127 Å². The molecule has 102 valence electrons. The molecule has 0 bridgehead atoms. The predicted molar refractivity (Wildman–Crippen MR) is 78.3 cm³/mol. The first kappa shape index (κ1) is 14.5. The van der Waals surface area contributed by atoms with Crippen molar-refractivity contribution >= 4 is 34.8 Å². The standard InChI is InChI=1S/C13H13Cl3N2O/c1-2-18-7-9(6-17-18)8-19-13-10(5-14)3-11(15)4-12(13)16/h3-4,6-7H,2,5,8H2,1H3. The third-order valence-corrected chi connectivity index (χ3v) is 3.41. The first-order valence-electron chi connectivity index (χ1n) is 5.82. The van der Waals surface area contributed by atoms with Crippen LogP contribution in [0.3, 0.4) is 0 Å². The Hall–Kier alpha value is -0.900. The van der Waals surface area contributed by atoms with Gasteiger partial charge in [0.1, 0.15) is 12.4 Å². The molecule has 1 aromatic heterocycles. The Kier molecular flexibility index (Phi) is 4.97. The van der Waals surface area contributed by atoms with E-state index in [1.54, 1.807) is 18.3 Å². The van der Waals surface area contributed by atoms with Crippen LogP contribution < -0.4 is 4.74 Å². The number of hydrogen-bond donors (Lipinski definition) is 0. The summed E-state index contributed by atoms with van der Waals surface area (Å²) >= 11 is 17.9. The molecule has 0 saturated heterocycles. The van der Waals surface area contributed by atoms with Gasteiger partial charge in [-0.25, -0.2) is 0 Å². The molecule has 0 unspecified atom stereocenters. The number of aryl methyl sites for hydroxylation is 1. The Bertz CT molecular complexity index is 569. The zero-order chi connectivity index (χ0) is 13.8. The molecule has 0 saturated carbocycles.